The van der Waals surface area contributed by atoms with Gasteiger partial charge in [0.1, 0.15) is 0 Å². The van der Waals surface area contributed by atoms with Gasteiger partial charge in [-0.15, -0.1) is 0 Å². The van der Waals surface area contributed by atoms with E-state index >= 15 is 0 Å². The van der Waals surface area contributed by atoms with Gasteiger partial charge in [-0.05, 0) is 0 Å². The third-order valence-corrected chi connectivity index (χ3v) is 2.65. The summed E-state index contributed by atoms with van der Waals surface area (Å²) in [5.41, 5.74) is -2.59. The lowest BCUT2D eigenvalue weighted by Gasteiger charge is -2.16. The molecule has 0 amide bonds. The second-order valence-corrected chi connectivity index (χ2v) is 3.50. The van der Waals surface area contributed by atoms with Crippen molar-refractivity contribution >= 4 is 11.6 Å². The molecule has 16 heavy (non-hydrogen) atoms. The molecule has 0 fully saturated rings. The molecule has 1 aromatic rings. The lowest BCUT2D eigenvalue weighted by Crippen LogP contribution is -2.42. The van der Waals surface area contributed by atoms with Gasteiger partial charge in [-0.2, -0.15) is 5.26 Å². The molecule has 0 atom stereocenters. The number of carbonyl (C=O) groups excluding carboxylic acids is 2. The minimum absolute atomic E-state index is 0.131. The molecule has 0 bridgehead atoms. The van der Waals surface area contributed by atoms with Gasteiger partial charge in [0.2, 0.25) is 17.2 Å². The Kier molecular flexibility index (Phi) is 2.00. The Morgan fingerprint density at radius 3 is 2.06 bits per heavy atom. The summed E-state index contributed by atoms with van der Waals surface area (Å²) in [5.74, 6) is -1.56. The number of ketones is 2. The molecule has 78 valence electrons. The molecule has 0 spiro atoms. The minimum Gasteiger partial charge on any atom is -0.370 e. The summed E-state index contributed by atoms with van der Waals surface area (Å²) in [6, 6.07) is 7.62. The van der Waals surface area contributed by atoms with E-state index < -0.39 is 22.7 Å². The Bertz CT molecular complexity index is 531. The van der Waals surface area contributed by atoms with E-state index in [9.17, 15) is 14.7 Å². The molecule has 0 aromatic heterocycles. The number of nitrogens with zero attached hydrogens (tertiary/aromatic N) is 1. The topological polar surface area (TPSA) is 78.2 Å². The Balaban J connectivity index is 2.68. The quantitative estimate of drug-likeness (QED) is 0.554. The van der Waals surface area contributed by atoms with Crippen LogP contribution in [0.15, 0.2) is 36.4 Å². The maximum atomic E-state index is 11.8. The van der Waals surface area contributed by atoms with Crippen LogP contribution >= 0.6 is 0 Å². The average molecular weight is 213 g/mol. The van der Waals surface area contributed by atoms with Crippen LogP contribution in [0, 0.1) is 11.3 Å². The van der Waals surface area contributed by atoms with E-state index in [1.165, 1.54) is 12.1 Å². The average Bonchev–Trinajstić information content (AvgIpc) is 2.52. The van der Waals surface area contributed by atoms with Crippen LogP contribution in [0.25, 0.3) is 0 Å². The number of Topliss-reactive ketones (excluding diaryl/α,β-unsaturated/α-hetero) is 2. The van der Waals surface area contributed by atoms with Gasteiger partial charge in [-0.1, -0.05) is 30.8 Å². The maximum absolute atomic E-state index is 11.8. The summed E-state index contributed by atoms with van der Waals surface area (Å²) in [5, 5.41) is 18.7. The molecule has 0 saturated heterocycles. The molecule has 1 aliphatic rings. The highest BCUT2D eigenvalue weighted by Crippen LogP contribution is 2.34. The molecular weight excluding hydrogens is 206 g/mol. The lowest BCUT2D eigenvalue weighted by atomic mass is 9.90. The number of hydrogen-bond donors (Lipinski definition) is 1. The number of aliphatic hydroxyl groups is 1. The minimum atomic E-state index is -2.40. The van der Waals surface area contributed by atoms with E-state index in [1.54, 1.807) is 18.2 Å². The van der Waals surface area contributed by atoms with Crippen LogP contribution in [0.2, 0.25) is 0 Å². The summed E-state index contributed by atoms with van der Waals surface area (Å²) < 4.78 is 0. The van der Waals surface area contributed by atoms with Crippen LogP contribution < -0.4 is 0 Å². The largest absolute Gasteiger partial charge is 0.370 e. The van der Waals surface area contributed by atoms with Crippen molar-refractivity contribution in [3.8, 4) is 6.07 Å². The highest BCUT2D eigenvalue weighted by Gasteiger charge is 2.53. The maximum Gasteiger partial charge on any atom is 0.225 e. The molecule has 0 unspecified atom stereocenters. The van der Waals surface area contributed by atoms with Crippen molar-refractivity contribution in [3.05, 3.63) is 47.5 Å². The van der Waals surface area contributed by atoms with Crippen molar-refractivity contribution in [3.63, 3.8) is 0 Å². The van der Waals surface area contributed by atoms with Gasteiger partial charge in [0.05, 0.1) is 11.6 Å². The first-order valence-electron chi connectivity index (χ1n) is 4.54. The summed E-state index contributed by atoms with van der Waals surface area (Å²) in [6.07, 6.45) is 0. The van der Waals surface area contributed by atoms with Gasteiger partial charge in [0, 0.05) is 11.1 Å². The van der Waals surface area contributed by atoms with Gasteiger partial charge < -0.3 is 5.11 Å². The van der Waals surface area contributed by atoms with E-state index in [0.29, 0.717) is 0 Å². The molecule has 0 saturated carbocycles. The standard InChI is InChI=1S/C12H7NO3/c1-7(6-13)12(16)10(14)8-4-2-3-5-9(8)11(12)15/h2-5,16H,1H2. The second kappa shape index (κ2) is 3.12. The molecule has 0 heterocycles. The second-order valence-electron chi connectivity index (χ2n) is 3.50. The van der Waals surface area contributed by atoms with Crippen LogP contribution in [0.1, 0.15) is 20.7 Å². The highest BCUT2D eigenvalue weighted by atomic mass is 16.3. The number of nitriles is 1. The first kappa shape index (κ1) is 10.3. The van der Waals surface area contributed by atoms with Gasteiger partial charge in [0.15, 0.2) is 0 Å². The Morgan fingerprint density at radius 1 is 1.25 bits per heavy atom. The number of carbonyl (C=O) groups is 2. The van der Waals surface area contributed by atoms with Crippen molar-refractivity contribution in [2.24, 2.45) is 0 Å². The Hall–Kier alpha value is -2.25. The van der Waals surface area contributed by atoms with Gasteiger partial charge in [-0.25, -0.2) is 0 Å². The van der Waals surface area contributed by atoms with Crippen molar-refractivity contribution in [1.29, 1.82) is 5.26 Å². The van der Waals surface area contributed by atoms with E-state index in [-0.39, 0.29) is 11.1 Å². The van der Waals surface area contributed by atoms with Crippen molar-refractivity contribution in [2.45, 2.75) is 5.60 Å². The number of fused-ring (bicyclic) bond motifs is 1. The molecule has 0 aliphatic heterocycles. The zero-order chi connectivity index (χ0) is 11.9. The Morgan fingerprint density at radius 2 is 1.69 bits per heavy atom. The van der Waals surface area contributed by atoms with Gasteiger partial charge in [0.25, 0.3) is 0 Å². The molecule has 4 nitrogen and oxygen atoms in total. The smallest absolute Gasteiger partial charge is 0.225 e. The van der Waals surface area contributed by atoms with E-state index in [2.05, 4.69) is 6.58 Å². The predicted molar refractivity (Wildman–Crippen MR) is 54.8 cm³/mol. The fraction of sp³-hybridized carbons (Fsp3) is 0.0833. The SMILES string of the molecule is C=C(C#N)C1(O)C(=O)c2ccccc2C1=O. The van der Waals surface area contributed by atoms with Crippen LogP contribution in [0.5, 0.6) is 0 Å². The van der Waals surface area contributed by atoms with Gasteiger partial charge in [-0.3, -0.25) is 9.59 Å². The third kappa shape index (κ3) is 1.01. The zero-order valence-corrected chi connectivity index (χ0v) is 8.23. The van der Waals surface area contributed by atoms with E-state index in [4.69, 9.17) is 5.26 Å². The number of hydrogen-bond acceptors (Lipinski definition) is 4. The van der Waals surface area contributed by atoms with Crippen molar-refractivity contribution in [1.82, 2.24) is 0 Å². The third-order valence-electron chi connectivity index (χ3n) is 2.65. The summed E-state index contributed by atoms with van der Waals surface area (Å²) >= 11 is 0. The number of benzene rings is 1. The van der Waals surface area contributed by atoms with Crippen LogP contribution in [-0.2, 0) is 0 Å². The molecule has 1 aliphatic carbocycles. The van der Waals surface area contributed by atoms with Gasteiger partial charge >= 0.3 is 0 Å². The normalized spacial score (nSPS) is 16.8. The fourth-order valence-electron chi connectivity index (χ4n) is 1.73. The molecule has 4 heteroatoms. The first-order valence-corrected chi connectivity index (χ1v) is 4.54. The predicted octanol–water partition coefficient (Wildman–Crippen LogP) is 0.876. The van der Waals surface area contributed by atoms with Crippen LogP contribution in [-0.4, -0.2) is 22.3 Å². The van der Waals surface area contributed by atoms with Crippen molar-refractivity contribution in [2.75, 3.05) is 0 Å². The number of rotatable bonds is 1. The molecule has 1 aromatic carbocycles. The zero-order valence-electron chi connectivity index (χ0n) is 8.23. The lowest BCUT2D eigenvalue weighted by molar-refractivity contribution is 0.0465. The summed E-state index contributed by atoms with van der Waals surface area (Å²) in [4.78, 5) is 23.7. The van der Waals surface area contributed by atoms with E-state index in [1.807, 2.05) is 0 Å². The first-order chi connectivity index (χ1) is 7.53. The highest BCUT2D eigenvalue weighted by molar-refractivity contribution is 6.34. The van der Waals surface area contributed by atoms with Crippen LogP contribution in [0.3, 0.4) is 0 Å². The molecular formula is C12H7NO3. The van der Waals surface area contributed by atoms with E-state index in [0.717, 1.165) is 0 Å². The molecule has 1 N–H and O–H groups in total. The summed E-state index contributed by atoms with van der Waals surface area (Å²) in [6.45, 7) is 3.26. The van der Waals surface area contributed by atoms with Crippen molar-refractivity contribution < 1.29 is 14.7 Å². The molecule has 0 radical (unpaired) electrons. The summed E-state index contributed by atoms with van der Waals surface area (Å²) in [7, 11) is 0. The fourth-order valence-corrected chi connectivity index (χ4v) is 1.73. The Labute approximate surface area is 91.4 Å². The monoisotopic (exact) mass is 213 g/mol. The molecule has 2 rings (SSSR count). The van der Waals surface area contributed by atoms with Crippen LogP contribution in [0.4, 0.5) is 0 Å².